The van der Waals surface area contributed by atoms with Crippen molar-refractivity contribution in [2.24, 2.45) is 4.99 Å². The van der Waals surface area contributed by atoms with Crippen molar-refractivity contribution in [3.05, 3.63) is 48.2 Å². The van der Waals surface area contributed by atoms with E-state index in [9.17, 15) is 0 Å². The standard InChI is InChI=1S/C22H31N5O2/c1-23-22(25-12-15-29-20-8-6-19(28-2)7-9-20)26-17-18-10-11-24-21(16-18)27-13-4-3-5-14-27/h6-11,16H,3-5,12-15,17H2,1-2H3,(H2,23,25,26). The molecule has 0 saturated carbocycles. The Bertz CT molecular complexity index is 773. The molecule has 2 N–H and O–H groups in total. The third-order valence-electron chi connectivity index (χ3n) is 4.90. The topological polar surface area (TPSA) is 71.0 Å². The zero-order valence-corrected chi connectivity index (χ0v) is 17.4. The molecule has 1 saturated heterocycles. The van der Waals surface area contributed by atoms with Gasteiger partial charge in [0.1, 0.15) is 23.9 Å². The lowest BCUT2D eigenvalue weighted by Gasteiger charge is -2.28. The highest BCUT2D eigenvalue weighted by molar-refractivity contribution is 5.79. The zero-order valence-electron chi connectivity index (χ0n) is 17.4. The van der Waals surface area contributed by atoms with E-state index in [-0.39, 0.29) is 0 Å². The number of nitrogens with one attached hydrogen (secondary N) is 2. The highest BCUT2D eigenvalue weighted by Gasteiger charge is 2.12. The average Bonchev–Trinajstić information content (AvgIpc) is 2.80. The van der Waals surface area contributed by atoms with Gasteiger partial charge in [0.25, 0.3) is 0 Å². The summed E-state index contributed by atoms with van der Waals surface area (Å²) >= 11 is 0. The Morgan fingerprint density at radius 3 is 2.55 bits per heavy atom. The van der Waals surface area contributed by atoms with Gasteiger partial charge in [-0.15, -0.1) is 0 Å². The number of pyridine rings is 1. The molecule has 2 heterocycles. The Morgan fingerprint density at radius 1 is 1.07 bits per heavy atom. The van der Waals surface area contributed by atoms with Crippen LogP contribution in [-0.4, -0.2) is 51.3 Å². The molecular formula is C22H31N5O2. The molecule has 0 atom stereocenters. The Hall–Kier alpha value is -2.96. The van der Waals surface area contributed by atoms with Crippen molar-refractivity contribution in [1.29, 1.82) is 0 Å². The molecule has 7 nitrogen and oxygen atoms in total. The zero-order chi connectivity index (χ0) is 20.3. The maximum Gasteiger partial charge on any atom is 0.191 e. The first kappa shape index (κ1) is 20.8. The van der Waals surface area contributed by atoms with Gasteiger partial charge in [-0.25, -0.2) is 4.98 Å². The second kappa shape index (κ2) is 11.1. The van der Waals surface area contributed by atoms with Crippen LogP contribution < -0.4 is 25.0 Å². The van der Waals surface area contributed by atoms with Crippen molar-refractivity contribution in [1.82, 2.24) is 15.6 Å². The molecule has 0 amide bonds. The maximum atomic E-state index is 5.73. The van der Waals surface area contributed by atoms with Crippen LogP contribution in [0.2, 0.25) is 0 Å². The fourth-order valence-corrected chi connectivity index (χ4v) is 3.28. The van der Waals surface area contributed by atoms with Gasteiger partial charge in [0.2, 0.25) is 0 Å². The summed E-state index contributed by atoms with van der Waals surface area (Å²) in [4.78, 5) is 11.2. The molecule has 2 aromatic rings. The van der Waals surface area contributed by atoms with Crippen LogP contribution in [0.25, 0.3) is 0 Å². The summed E-state index contributed by atoms with van der Waals surface area (Å²) in [5, 5.41) is 6.62. The minimum absolute atomic E-state index is 0.543. The van der Waals surface area contributed by atoms with Crippen LogP contribution in [-0.2, 0) is 6.54 Å². The predicted octanol–water partition coefficient (Wildman–Crippen LogP) is 2.82. The number of anilines is 1. The van der Waals surface area contributed by atoms with Gasteiger partial charge in [-0.1, -0.05) is 0 Å². The van der Waals surface area contributed by atoms with Crippen LogP contribution >= 0.6 is 0 Å². The molecule has 7 heteroatoms. The number of ether oxygens (including phenoxy) is 2. The lowest BCUT2D eigenvalue weighted by molar-refractivity contribution is 0.321. The molecule has 1 aromatic heterocycles. The highest BCUT2D eigenvalue weighted by atomic mass is 16.5. The molecule has 29 heavy (non-hydrogen) atoms. The van der Waals surface area contributed by atoms with E-state index in [1.165, 1.54) is 24.8 Å². The van der Waals surface area contributed by atoms with Gasteiger partial charge in [-0.3, -0.25) is 4.99 Å². The number of aliphatic imine (C=N–C) groups is 1. The molecule has 1 fully saturated rings. The lowest BCUT2D eigenvalue weighted by atomic mass is 10.1. The van der Waals surface area contributed by atoms with E-state index in [0.29, 0.717) is 19.7 Å². The third kappa shape index (κ3) is 6.55. The van der Waals surface area contributed by atoms with E-state index in [2.05, 4.69) is 31.6 Å². The van der Waals surface area contributed by atoms with E-state index in [0.717, 1.165) is 36.4 Å². The number of methoxy groups -OCH3 is 1. The van der Waals surface area contributed by atoms with E-state index < -0.39 is 0 Å². The molecule has 1 aliphatic heterocycles. The van der Waals surface area contributed by atoms with Gasteiger partial charge in [0.05, 0.1) is 13.7 Å². The van der Waals surface area contributed by atoms with Crippen molar-refractivity contribution in [2.75, 3.05) is 45.3 Å². The van der Waals surface area contributed by atoms with Gasteiger partial charge in [-0.2, -0.15) is 0 Å². The largest absolute Gasteiger partial charge is 0.497 e. The number of hydrogen-bond acceptors (Lipinski definition) is 5. The molecule has 0 bridgehead atoms. The van der Waals surface area contributed by atoms with Gasteiger partial charge in [-0.05, 0) is 61.2 Å². The monoisotopic (exact) mass is 397 g/mol. The summed E-state index contributed by atoms with van der Waals surface area (Å²) in [6.07, 6.45) is 5.71. The Kier molecular flexibility index (Phi) is 7.98. The Morgan fingerprint density at radius 2 is 1.83 bits per heavy atom. The number of hydrogen-bond donors (Lipinski definition) is 2. The molecule has 0 unspecified atom stereocenters. The molecule has 0 spiro atoms. The first-order valence-corrected chi connectivity index (χ1v) is 10.2. The molecule has 0 radical (unpaired) electrons. The minimum Gasteiger partial charge on any atom is -0.497 e. The maximum absolute atomic E-state index is 5.73. The molecule has 0 aliphatic carbocycles. The number of aromatic nitrogens is 1. The molecule has 1 aromatic carbocycles. The van der Waals surface area contributed by atoms with Gasteiger partial charge < -0.3 is 25.0 Å². The van der Waals surface area contributed by atoms with Crippen molar-refractivity contribution < 1.29 is 9.47 Å². The summed E-state index contributed by atoms with van der Waals surface area (Å²) in [6, 6.07) is 11.8. The summed E-state index contributed by atoms with van der Waals surface area (Å²) in [5.74, 6) is 3.46. The predicted molar refractivity (Wildman–Crippen MR) is 117 cm³/mol. The van der Waals surface area contributed by atoms with E-state index >= 15 is 0 Å². The second-order valence-electron chi connectivity index (χ2n) is 6.95. The Balaban J connectivity index is 1.40. The third-order valence-corrected chi connectivity index (χ3v) is 4.90. The van der Waals surface area contributed by atoms with Crippen LogP contribution in [0.5, 0.6) is 11.5 Å². The SMILES string of the molecule is CN=C(NCCOc1ccc(OC)cc1)NCc1ccnc(N2CCCCC2)c1. The van der Waals surface area contributed by atoms with Gasteiger partial charge in [0, 0.05) is 32.9 Å². The van der Waals surface area contributed by atoms with Crippen molar-refractivity contribution >= 4 is 11.8 Å². The molecule has 156 valence electrons. The quantitative estimate of drug-likeness (QED) is 0.406. The Labute approximate surface area is 173 Å². The first-order chi connectivity index (χ1) is 14.3. The summed E-state index contributed by atoms with van der Waals surface area (Å²) < 4.78 is 10.9. The molecule has 3 rings (SSSR count). The fourth-order valence-electron chi connectivity index (χ4n) is 3.28. The molecular weight excluding hydrogens is 366 g/mol. The summed E-state index contributed by atoms with van der Waals surface area (Å²) in [5.41, 5.74) is 1.19. The van der Waals surface area contributed by atoms with Gasteiger partial charge in [0.15, 0.2) is 5.96 Å². The van der Waals surface area contributed by atoms with E-state index in [4.69, 9.17) is 9.47 Å². The van der Waals surface area contributed by atoms with Crippen LogP contribution in [0.15, 0.2) is 47.6 Å². The van der Waals surface area contributed by atoms with E-state index in [1.807, 2.05) is 36.5 Å². The number of nitrogens with zero attached hydrogens (tertiary/aromatic N) is 3. The van der Waals surface area contributed by atoms with Crippen molar-refractivity contribution in [2.45, 2.75) is 25.8 Å². The normalized spacial score (nSPS) is 14.4. The first-order valence-electron chi connectivity index (χ1n) is 10.2. The van der Waals surface area contributed by atoms with Crippen molar-refractivity contribution in [3.63, 3.8) is 0 Å². The van der Waals surface area contributed by atoms with Crippen LogP contribution in [0, 0.1) is 0 Å². The van der Waals surface area contributed by atoms with Crippen molar-refractivity contribution in [3.8, 4) is 11.5 Å². The van der Waals surface area contributed by atoms with Gasteiger partial charge >= 0.3 is 0 Å². The van der Waals surface area contributed by atoms with Crippen LogP contribution in [0.3, 0.4) is 0 Å². The van der Waals surface area contributed by atoms with Crippen LogP contribution in [0.1, 0.15) is 24.8 Å². The fraction of sp³-hybridized carbons (Fsp3) is 0.455. The number of guanidine groups is 1. The number of benzene rings is 1. The molecule has 1 aliphatic rings. The number of rotatable bonds is 8. The highest BCUT2D eigenvalue weighted by Crippen LogP contribution is 2.18. The minimum atomic E-state index is 0.543. The smallest absolute Gasteiger partial charge is 0.191 e. The lowest BCUT2D eigenvalue weighted by Crippen LogP contribution is -2.39. The van der Waals surface area contributed by atoms with Crippen LogP contribution in [0.4, 0.5) is 5.82 Å². The second-order valence-corrected chi connectivity index (χ2v) is 6.95. The average molecular weight is 398 g/mol. The number of piperidine rings is 1. The summed E-state index contributed by atoms with van der Waals surface area (Å²) in [6.45, 7) is 4.09. The summed E-state index contributed by atoms with van der Waals surface area (Å²) in [7, 11) is 3.42. The van der Waals surface area contributed by atoms with E-state index in [1.54, 1.807) is 14.2 Å².